The van der Waals surface area contributed by atoms with E-state index in [4.69, 9.17) is 26.5 Å². The number of carbonyl (C=O) groups is 1. The summed E-state index contributed by atoms with van der Waals surface area (Å²) in [4.78, 5) is 11.2. The first-order valence-corrected chi connectivity index (χ1v) is 6.21. The number of hydrogen-bond donors (Lipinski definition) is 2. The first-order valence-electron chi connectivity index (χ1n) is 7.93. The van der Waals surface area contributed by atoms with Gasteiger partial charge in [0.05, 0.1) is 12.5 Å². The van der Waals surface area contributed by atoms with E-state index in [-0.39, 0.29) is 5.69 Å². The van der Waals surface area contributed by atoms with Crippen molar-refractivity contribution in [1.29, 1.82) is 0 Å². The Morgan fingerprint density at radius 3 is 2.79 bits per heavy atom. The van der Waals surface area contributed by atoms with E-state index >= 15 is 0 Å². The van der Waals surface area contributed by atoms with Crippen molar-refractivity contribution in [2.24, 2.45) is 0 Å². The van der Waals surface area contributed by atoms with E-state index in [2.05, 4.69) is 9.07 Å². The van der Waals surface area contributed by atoms with Crippen molar-refractivity contribution in [3.8, 4) is 0 Å². The van der Waals surface area contributed by atoms with Crippen molar-refractivity contribution in [3.63, 3.8) is 0 Å². The van der Waals surface area contributed by atoms with Gasteiger partial charge in [0.1, 0.15) is 4.90 Å². The van der Waals surface area contributed by atoms with E-state index in [1.165, 1.54) is 0 Å². The highest BCUT2D eigenvalue weighted by Gasteiger charge is 2.19. The summed E-state index contributed by atoms with van der Waals surface area (Å²) in [6.45, 7) is -6.97. The second-order valence-electron chi connectivity index (χ2n) is 3.02. The summed E-state index contributed by atoms with van der Waals surface area (Å²) in [6, 6.07) is 2.69. The van der Waals surface area contributed by atoms with Crippen LogP contribution in [0.25, 0.3) is 0 Å². The maximum Gasteiger partial charge on any atom is 0.411 e. The molecule has 0 fully saturated rings. The molecule has 1 aromatic rings. The van der Waals surface area contributed by atoms with Crippen LogP contribution in [0.3, 0.4) is 0 Å². The van der Waals surface area contributed by atoms with Crippen molar-refractivity contribution in [2.75, 3.05) is 5.32 Å². The highest BCUT2D eigenvalue weighted by molar-refractivity contribution is 7.86. The fourth-order valence-corrected chi connectivity index (χ4v) is 2.13. The smallest absolute Gasteiger partial charge is 0.411 e. The van der Waals surface area contributed by atoms with Crippen LogP contribution in [0.1, 0.15) is 23.3 Å². The molecule has 0 saturated carbocycles. The molecule has 0 atom stereocenters. The molecule has 2 N–H and O–H groups in total. The van der Waals surface area contributed by atoms with Crippen molar-refractivity contribution in [3.05, 3.63) is 23.2 Å². The van der Waals surface area contributed by atoms with Crippen LogP contribution < -0.4 is 5.32 Å². The van der Waals surface area contributed by atoms with Gasteiger partial charge in [0, 0.05) is 13.9 Å². The fraction of sp³-hybridized carbons (Fsp3) is 0.300. The van der Waals surface area contributed by atoms with Gasteiger partial charge in [-0.3, -0.25) is 5.32 Å². The molecule has 0 heterocycles. The molecule has 0 radical (unpaired) electrons. The molecule has 7 nitrogen and oxygen atoms in total. The molecule has 0 unspecified atom stereocenters. The maximum atomic E-state index is 11.8. The Morgan fingerprint density at radius 2 is 2.26 bits per heavy atom. The Kier molecular flexibility index (Phi) is 2.63. The molecule has 1 aromatic carbocycles. The summed E-state index contributed by atoms with van der Waals surface area (Å²) < 4.78 is 80.6. The highest BCUT2D eigenvalue weighted by atomic mass is 35.5. The SMILES string of the molecule is [2H]C([2H])([2H])C([2H])(OC(=O)Nc1ccc(S(=O)(=O)OO)c(Cl)c1)C([2H])([2H])[2H]. The molecule has 1 rings (SSSR count). The standard InChI is InChI=1S/C10H12ClNO6S/c1-6(2)17-10(13)12-7-3-4-9(8(11)5-7)19(15,16)18-14/h3-6,14H,1-2H3,(H,12,13)/i1D3,2D3,6D. The Morgan fingerprint density at radius 1 is 1.58 bits per heavy atom. The van der Waals surface area contributed by atoms with E-state index in [0.717, 1.165) is 18.2 Å². The Labute approximate surface area is 125 Å². The number of anilines is 1. The summed E-state index contributed by atoms with van der Waals surface area (Å²) in [5, 5.41) is 9.73. The Balaban J connectivity index is 3.07. The number of halogens is 1. The van der Waals surface area contributed by atoms with Gasteiger partial charge < -0.3 is 4.74 Å². The molecule has 19 heavy (non-hydrogen) atoms. The van der Waals surface area contributed by atoms with Crippen LogP contribution in [0.5, 0.6) is 0 Å². The van der Waals surface area contributed by atoms with Crippen molar-refractivity contribution < 1.29 is 37.1 Å². The zero-order valence-electron chi connectivity index (χ0n) is 16.0. The first kappa shape index (κ1) is 8.05. The average Bonchev–Trinajstić information content (AvgIpc) is 2.44. The predicted molar refractivity (Wildman–Crippen MR) is 67.6 cm³/mol. The van der Waals surface area contributed by atoms with E-state index in [9.17, 15) is 13.2 Å². The average molecular weight is 317 g/mol. The van der Waals surface area contributed by atoms with E-state index in [1.54, 1.807) is 0 Å². The number of hydrogen-bond acceptors (Lipinski definition) is 6. The summed E-state index contributed by atoms with van der Waals surface area (Å²) >= 11 is 5.67. The van der Waals surface area contributed by atoms with Crippen LogP contribution in [0.2, 0.25) is 5.02 Å². The lowest BCUT2D eigenvalue weighted by Gasteiger charge is -2.10. The molecule has 0 aliphatic carbocycles. The van der Waals surface area contributed by atoms with Crippen LogP contribution in [-0.4, -0.2) is 25.8 Å². The van der Waals surface area contributed by atoms with Crippen LogP contribution in [0.4, 0.5) is 10.5 Å². The van der Waals surface area contributed by atoms with Gasteiger partial charge in [-0.15, -0.1) is 4.33 Å². The molecule has 0 spiro atoms. The second-order valence-corrected chi connectivity index (χ2v) is 4.92. The third kappa shape index (κ3) is 4.35. The molecular formula is C10H12ClNO6S. The number of rotatable bonds is 4. The van der Waals surface area contributed by atoms with E-state index < -0.39 is 45.9 Å². The largest absolute Gasteiger partial charge is 0.447 e. The van der Waals surface area contributed by atoms with Crippen molar-refractivity contribution >= 4 is 33.5 Å². The van der Waals surface area contributed by atoms with Gasteiger partial charge in [-0.1, -0.05) is 11.6 Å². The van der Waals surface area contributed by atoms with Crippen LogP contribution >= 0.6 is 11.6 Å². The zero-order valence-corrected chi connectivity index (χ0v) is 10.6. The summed E-state index contributed by atoms with van der Waals surface area (Å²) in [7, 11) is -4.54. The molecule has 106 valence electrons. The first-order chi connectivity index (χ1) is 11.5. The third-order valence-corrected chi connectivity index (χ3v) is 3.26. The quantitative estimate of drug-likeness (QED) is 0.653. The minimum Gasteiger partial charge on any atom is -0.447 e. The topological polar surface area (TPSA) is 102 Å². The number of carbonyl (C=O) groups excluding carboxylic acids is 1. The van der Waals surface area contributed by atoms with Gasteiger partial charge in [-0.2, -0.15) is 8.42 Å². The molecule has 0 aromatic heterocycles. The lowest BCUT2D eigenvalue weighted by atomic mass is 10.3. The lowest BCUT2D eigenvalue weighted by Crippen LogP contribution is -2.18. The van der Waals surface area contributed by atoms with Crippen molar-refractivity contribution in [1.82, 2.24) is 0 Å². The molecule has 0 aliphatic rings. The van der Waals surface area contributed by atoms with Gasteiger partial charge >= 0.3 is 16.2 Å². The van der Waals surface area contributed by atoms with E-state index in [1.807, 2.05) is 5.32 Å². The summed E-state index contributed by atoms with van der Waals surface area (Å²) in [6.07, 6.45) is -5.14. The molecule has 1 amide bonds. The summed E-state index contributed by atoms with van der Waals surface area (Å²) in [5.74, 6) is 0. The van der Waals surface area contributed by atoms with Crippen LogP contribution in [-0.2, 0) is 19.2 Å². The Bertz CT molecular complexity index is 780. The Hall–Kier alpha value is -1.35. The van der Waals surface area contributed by atoms with E-state index in [0.29, 0.717) is 0 Å². The minimum absolute atomic E-state index is 0.213. The molecule has 9 heteroatoms. The molecule has 0 aliphatic heterocycles. The number of ether oxygens (including phenoxy) is 1. The number of amides is 1. The second kappa shape index (κ2) is 6.20. The molecule has 0 saturated heterocycles. The van der Waals surface area contributed by atoms with Crippen LogP contribution in [0.15, 0.2) is 23.1 Å². The molecule has 0 bridgehead atoms. The minimum atomic E-state index is -4.54. The molecular weight excluding hydrogens is 298 g/mol. The number of benzene rings is 1. The van der Waals surface area contributed by atoms with Crippen LogP contribution in [0, 0.1) is 0 Å². The zero-order chi connectivity index (χ0) is 20.6. The maximum absolute atomic E-state index is 11.8. The van der Waals surface area contributed by atoms with Gasteiger partial charge in [0.2, 0.25) is 0 Å². The van der Waals surface area contributed by atoms with Crippen molar-refractivity contribution in [2.45, 2.75) is 24.7 Å². The predicted octanol–water partition coefficient (Wildman–Crippen LogP) is 2.48. The fourth-order valence-electron chi connectivity index (χ4n) is 1.06. The highest BCUT2D eigenvalue weighted by Crippen LogP contribution is 2.26. The lowest BCUT2D eigenvalue weighted by molar-refractivity contribution is -0.130. The number of nitrogens with one attached hydrogen (secondary N) is 1. The van der Waals surface area contributed by atoms with Gasteiger partial charge in [-0.05, 0) is 31.9 Å². The normalized spacial score (nSPS) is 18.7. The summed E-state index contributed by atoms with van der Waals surface area (Å²) in [5.41, 5.74) is -0.213. The monoisotopic (exact) mass is 316 g/mol. The van der Waals surface area contributed by atoms with Gasteiger partial charge in [-0.25, -0.2) is 10.1 Å². The van der Waals surface area contributed by atoms with Gasteiger partial charge in [0.25, 0.3) is 0 Å². The van der Waals surface area contributed by atoms with Gasteiger partial charge in [0.15, 0.2) is 0 Å². The third-order valence-electron chi connectivity index (χ3n) is 1.74.